The highest BCUT2D eigenvalue weighted by atomic mass is 32.2. The zero-order valence-electron chi connectivity index (χ0n) is 15.2. The van der Waals surface area contributed by atoms with E-state index in [0.29, 0.717) is 12.8 Å². The Morgan fingerprint density at radius 3 is 2.31 bits per heavy atom. The van der Waals surface area contributed by atoms with E-state index in [1.165, 1.54) is 0 Å². The lowest BCUT2D eigenvalue weighted by atomic mass is 9.64. The highest BCUT2D eigenvalue weighted by Gasteiger charge is 2.47. The molecule has 0 spiro atoms. The van der Waals surface area contributed by atoms with Gasteiger partial charge in [0.25, 0.3) is 0 Å². The molecule has 0 saturated heterocycles. The van der Waals surface area contributed by atoms with E-state index in [1.54, 1.807) is 31.2 Å². The monoisotopic (exact) mass is 371 g/mol. The molecule has 2 atom stereocenters. The first-order chi connectivity index (χ1) is 12.4. The number of Topliss-reactive ketones (excluding diaryl/α,β-unsaturated/α-hetero) is 1. The van der Waals surface area contributed by atoms with Crippen molar-refractivity contribution in [1.82, 2.24) is 4.72 Å². The van der Waals surface area contributed by atoms with Crippen molar-refractivity contribution in [3.63, 3.8) is 0 Å². The van der Waals surface area contributed by atoms with Gasteiger partial charge in [-0.1, -0.05) is 60.9 Å². The molecule has 2 aromatic rings. The van der Waals surface area contributed by atoms with Crippen LogP contribution in [0.2, 0.25) is 0 Å². The Morgan fingerprint density at radius 2 is 1.69 bits per heavy atom. The molecule has 0 amide bonds. The van der Waals surface area contributed by atoms with E-state index in [0.717, 1.165) is 24.0 Å². The van der Waals surface area contributed by atoms with Gasteiger partial charge in [-0.25, -0.2) is 13.1 Å². The first kappa shape index (κ1) is 18.8. The molecule has 0 unspecified atom stereocenters. The van der Waals surface area contributed by atoms with E-state index in [9.17, 15) is 13.2 Å². The molecule has 1 saturated carbocycles. The van der Waals surface area contributed by atoms with E-state index in [4.69, 9.17) is 0 Å². The Kier molecular flexibility index (Phi) is 5.30. The van der Waals surface area contributed by atoms with Crippen molar-refractivity contribution in [1.29, 1.82) is 0 Å². The third kappa shape index (κ3) is 3.46. The third-order valence-corrected chi connectivity index (χ3v) is 6.94. The van der Waals surface area contributed by atoms with E-state index >= 15 is 0 Å². The van der Waals surface area contributed by atoms with Crippen molar-refractivity contribution in [3.05, 3.63) is 65.7 Å². The molecule has 138 valence electrons. The van der Waals surface area contributed by atoms with E-state index in [1.807, 2.05) is 37.3 Å². The summed E-state index contributed by atoms with van der Waals surface area (Å²) in [5.41, 5.74) is 1.09. The number of carbonyl (C=O) groups excluding carboxylic acids is 1. The summed E-state index contributed by atoms with van der Waals surface area (Å²) in [7, 11) is -3.69. The van der Waals surface area contributed by atoms with Crippen molar-refractivity contribution in [3.8, 4) is 0 Å². The number of aryl methyl sites for hydroxylation is 1. The van der Waals surface area contributed by atoms with Gasteiger partial charge < -0.3 is 0 Å². The second-order valence-electron chi connectivity index (χ2n) is 7.13. The summed E-state index contributed by atoms with van der Waals surface area (Å²) in [6.07, 6.45) is 3.13. The third-order valence-electron chi connectivity index (χ3n) is 5.45. The molecule has 26 heavy (non-hydrogen) atoms. The Bertz CT molecular complexity index is 875. The van der Waals surface area contributed by atoms with E-state index < -0.39 is 21.5 Å². The first-order valence-electron chi connectivity index (χ1n) is 9.02. The zero-order valence-corrected chi connectivity index (χ0v) is 16.1. The maximum Gasteiger partial charge on any atom is 0.240 e. The second kappa shape index (κ2) is 7.33. The molecular formula is C21H25NO3S. The highest BCUT2D eigenvalue weighted by Crippen LogP contribution is 2.41. The number of hydrogen-bond acceptors (Lipinski definition) is 3. The Balaban J connectivity index is 2.01. The fraction of sp³-hybridized carbons (Fsp3) is 0.381. The SMILES string of the molecule is CC(=O)[C@@]1(c2ccccc2)CCCC[C@@H]1NS(=O)(=O)c1ccc(C)cc1. The topological polar surface area (TPSA) is 63.2 Å². The van der Waals surface area contributed by atoms with Crippen LogP contribution in [-0.4, -0.2) is 20.2 Å². The maximum atomic E-state index is 12.9. The lowest BCUT2D eigenvalue weighted by molar-refractivity contribution is -0.124. The maximum absolute atomic E-state index is 12.9. The van der Waals surface area contributed by atoms with Crippen molar-refractivity contribution >= 4 is 15.8 Å². The summed E-state index contributed by atoms with van der Waals surface area (Å²) in [4.78, 5) is 13.0. The lowest BCUT2D eigenvalue weighted by Crippen LogP contribution is -2.56. The summed E-state index contributed by atoms with van der Waals surface area (Å²) in [5.74, 6) is 0.0139. The smallest absolute Gasteiger partial charge is 0.240 e. The minimum absolute atomic E-state index is 0.0139. The van der Waals surface area contributed by atoms with Gasteiger partial charge in [0, 0.05) is 6.04 Å². The van der Waals surface area contributed by atoms with Crippen LogP contribution in [0.1, 0.15) is 43.7 Å². The van der Waals surface area contributed by atoms with Crippen molar-refractivity contribution in [2.75, 3.05) is 0 Å². The summed E-state index contributed by atoms with van der Waals surface area (Å²) in [6, 6.07) is 15.9. The largest absolute Gasteiger partial charge is 0.299 e. The Labute approximate surface area is 155 Å². The number of hydrogen-bond donors (Lipinski definition) is 1. The number of nitrogens with one attached hydrogen (secondary N) is 1. The van der Waals surface area contributed by atoms with Gasteiger partial charge >= 0.3 is 0 Å². The Morgan fingerprint density at radius 1 is 1.04 bits per heavy atom. The van der Waals surface area contributed by atoms with Crippen LogP contribution < -0.4 is 4.72 Å². The van der Waals surface area contributed by atoms with Crippen molar-refractivity contribution < 1.29 is 13.2 Å². The molecule has 0 heterocycles. The van der Waals surface area contributed by atoms with E-state index in [2.05, 4.69) is 4.72 Å². The van der Waals surface area contributed by atoms with Gasteiger partial charge in [-0.05, 0) is 44.4 Å². The molecule has 1 aliphatic rings. The van der Waals surface area contributed by atoms with Crippen LogP contribution in [0.15, 0.2) is 59.5 Å². The summed E-state index contributed by atoms with van der Waals surface area (Å²) < 4.78 is 28.7. The number of ketones is 1. The average molecular weight is 372 g/mol. The molecule has 2 aromatic carbocycles. The fourth-order valence-electron chi connectivity index (χ4n) is 4.01. The van der Waals surface area contributed by atoms with Crippen LogP contribution in [0, 0.1) is 6.92 Å². The number of sulfonamides is 1. The highest BCUT2D eigenvalue weighted by molar-refractivity contribution is 7.89. The van der Waals surface area contributed by atoms with Crippen LogP contribution in [0.3, 0.4) is 0 Å². The van der Waals surface area contributed by atoms with Crippen LogP contribution in [0.5, 0.6) is 0 Å². The quantitative estimate of drug-likeness (QED) is 0.871. The fourth-order valence-corrected chi connectivity index (χ4v) is 5.34. The van der Waals surface area contributed by atoms with Gasteiger partial charge in [-0.15, -0.1) is 0 Å². The minimum Gasteiger partial charge on any atom is -0.299 e. The number of carbonyl (C=O) groups is 1. The molecule has 0 aliphatic heterocycles. The summed E-state index contributed by atoms with van der Waals surface area (Å²) in [6.45, 7) is 3.49. The zero-order chi connectivity index (χ0) is 18.8. The predicted octanol–water partition coefficient (Wildman–Crippen LogP) is 3.74. The van der Waals surface area contributed by atoms with Gasteiger partial charge in [-0.2, -0.15) is 0 Å². The van der Waals surface area contributed by atoms with Crippen LogP contribution >= 0.6 is 0 Å². The van der Waals surface area contributed by atoms with Crippen molar-refractivity contribution in [2.45, 2.75) is 55.9 Å². The molecule has 1 N–H and O–H groups in total. The molecule has 0 aromatic heterocycles. The normalized spacial score (nSPS) is 23.5. The molecule has 0 radical (unpaired) electrons. The standard InChI is InChI=1S/C21H25NO3S/c1-16-11-13-19(14-12-16)26(24,25)22-20-10-6-7-15-21(20,17(2)23)18-8-4-3-5-9-18/h3-5,8-9,11-14,20,22H,6-7,10,15H2,1-2H3/t20-,21+/m0/s1. The van der Waals surface area contributed by atoms with Gasteiger partial charge in [-0.3, -0.25) is 4.79 Å². The molecule has 5 heteroatoms. The van der Waals surface area contributed by atoms with Crippen LogP contribution in [0.25, 0.3) is 0 Å². The Hall–Kier alpha value is -1.98. The lowest BCUT2D eigenvalue weighted by Gasteiger charge is -2.43. The van der Waals surface area contributed by atoms with Gasteiger partial charge in [0.05, 0.1) is 10.3 Å². The molecule has 0 bridgehead atoms. The van der Waals surface area contributed by atoms with Crippen LogP contribution in [-0.2, 0) is 20.2 Å². The molecule has 1 aliphatic carbocycles. The van der Waals surface area contributed by atoms with Crippen LogP contribution in [0.4, 0.5) is 0 Å². The van der Waals surface area contributed by atoms with Gasteiger partial charge in [0.1, 0.15) is 5.78 Å². The molecule has 1 fully saturated rings. The van der Waals surface area contributed by atoms with Gasteiger partial charge in [0.15, 0.2) is 0 Å². The number of benzene rings is 2. The van der Waals surface area contributed by atoms with Gasteiger partial charge in [0.2, 0.25) is 10.0 Å². The molecule has 4 nitrogen and oxygen atoms in total. The predicted molar refractivity (Wildman–Crippen MR) is 103 cm³/mol. The van der Waals surface area contributed by atoms with E-state index in [-0.39, 0.29) is 10.7 Å². The number of rotatable bonds is 5. The summed E-state index contributed by atoms with van der Waals surface area (Å²) in [5, 5.41) is 0. The van der Waals surface area contributed by atoms with Crippen molar-refractivity contribution in [2.24, 2.45) is 0 Å². The average Bonchev–Trinajstić information content (AvgIpc) is 2.63. The second-order valence-corrected chi connectivity index (χ2v) is 8.84. The molecule has 3 rings (SSSR count). The summed E-state index contributed by atoms with van der Waals surface area (Å²) >= 11 is 0. The minimum atomic E-state index is -3.69. The molecular weight excluding hydrogens is 346 g/mol. The first-order valence-corrected chi connectivity index (χ1v) is 10.5.